The molecule has 0 aliphatic rings. The predicted octanol–water partition coefficient (Wildman–Crippen LogP) is 4.97. The maximum atomic E-state index is 12.7. The van der Waals surface area contributed by atoms with Crippen molar-refractivity contribution in [1.82, 2.24) is 0 Å². The van der Waals surface area contributed by atoms with E-state index >= 15 is 0 Å². The predicted molar refractivity (Wildman–Crippen MR) is 128 cm³/mol. The van der Waals surface area contributed by atoms with E-state index in [1.54, 1.807) is 30.3 Å². The molecule has 0 N–H and O–H groups in total. The van der Waals surface area contributed by atoms with Crippen LogP contribution in [0.1, 0.15) is 31.8 Å². The van der Waals surface area contributed by atoms with Crippen LogP contribution in [0.2, 0.25) is 0 Å². The van der Waals surface area contributed by atoms with E-state index in [1.807, 2.05) is 36.4 Å². The fourth-order valence-electron chi connectivity index (χ4n) is 3.19. The molecule has 0 heterocycles. The number of carbonyl (C=O) groups excluding carboxylic acids is 2. The number of ketones is 1. The van der Waals surface area contributed by atoms with Gasteiger partial charge in [0.2, 0.25) is 5.75 Å². The van der Waals surface area contributed by atoms with Gasteiger partial charge in [-0.1, -0.05) is 30.3 Å². The second-order valence-electron chi connectivity index (χ2n) is 7.16. The molecular weight excluding hydrogens is 436 g/mol. The summed E-state index contributed by atoms with van der Waals surface area (Å²) in [7, 11) is 5.86. The average molecular weight is 462 g/mol. The average Bonchev–Trinajstić information content (AvgIpc) is 2.89. The fraction of sp³-hybridized carbons (Fsp3) is 0.185. The molecule has 176 valence electrons. The molecule has 0 unspecified atom stereocenters. The molecule has 0 atom stereocenters. The van der Waals surface area contributed by atoms with Crippen LogP contribution in [-0.2, 0) is 11.3 Å². The number of rotatable bonds is 10. The monoisotopic (exact) mass is 462 g/mol. The van der Waals surface area contributed by atoms with E-state index in [2.05, 4.69) is 0 Å². The van der Waals surface area contributed by atoms with Crippen molar-refractivity contribution in [2.45, 2.75) is 6.61 Å². The van der Waals surface area contributed by atoms with Crippen LogP contribution in [0.5, 0.6) is 23.0 Å². The highest BCUT2D eigenvalue weighted by Gasteiger charge is 2.15. The minimum absolute atomic E-state index is 0.199. The zero-order chi connectivity index (χ0) is 24.5. The number of benzene rings is 3. The smallest absolute Gasteiger partial charge is 0.337 e. The maximum Gasteiger partial charge on any atom is 0.337 e. The summed E-state index contributed by atoms with van der Waals surface area (Å²) in [6.07, 6.45) is 3.21. The third-order valence-corrected chi connectivity index (χ3v) is 5.04. The molecule has 7 heteroatoms. The van der Waals surface area contributed by atoms with Gasteiger partial charge in [-0.15, -0.1) is 0 Å². The number of allylic oxidation sites excluding steroid dienone is 1. The van der Waals surface area contributed by atoms with E-state index in [1.165, 1.54) is 34.5 Å². The van der Waals surface area contributed by atoms with Gasteiger partial charge in [0.15, 0.2) is 17.3 Å². The first kappa shape index (κ1) is 24.4. The van der Waals surface area contributed by atoms with Crippen LogP contribution in [0.25, 0.3) is 6.08 Å². The highest BCUT2D eigenvalue weighted by Crippen LogP contribution is 2.38. The van der Waals surface area contributed by atoms with Crippen molar-refractivity contribution in [3.8, 4) is 23.0 Å². The first-order chi connectivity index (χ1) is 16.5. The molecule has 0 amide bonds. The summed E-state index contributed by atoms with van der Waals surface area (Å²) in [5, 5.41) is 0. The van der Waals surface area contributed by atoms with E-state index in [0.29, 0.717) is 40.7 Å². The van der Waals surface area contributed by atoms with Crippen molar-refractivity contribution in [1.29, 1.82) is 0 Å². The van der Waals surface area contributed by atoms with Crippen LogP contribution >= 0.6 is 0 Å². The number of ether oxygens (including phenoxy) is 5. The van der Waals surface area contributed by atoms with Gasteiger partial charge in [0.1, 0.15) is 12.4 Å². The standard InChI is InChI=1S/C27H26O7/c1-30-24-15-21(16-25(31-2)26(24)32-3)23(28)14-9-18-7-12-22(13-8-18)34-17-19-5-10-20(11-6-19)27(29)33-4/h5-16H,17H2,1-4H3. The molecule has 0 aliphatic carbocycles. The van der Waals surface area contributed by atoms with Crippen molar-refractivity contribution in [2.24, 2.45) is 0 Å². The molecule has 0 bridgehead atoms. The zero-order valence-corrected chi connectivity index (χ0v) is 19.5. The van der Waals surface area contributed by atoms with Gasteiger partial charge in [0.25, 0.3) is 0 Å². The topological polar surface area (TPSA) is 80.3 Å². The molecule has 0 saturated carbocycles. The molecule has 3 rings (SSSR count). The molecule has 0 spiro atoms. The Kier molecular flexibility index (Phi) is 8.29. The van der Waals surface area contributed by atoms with Crippen LogP contribution in [0.3, 0.4) is 0 Å². The molecule has 0 aliphatic heterocycles. The number of methoxy groups -OCH3 is 4. The van der Waals surface area contributed by atoms with Gasteiger partial charge in [-0.3, -0.25) is 4.79 Å². The summed E-state index contributed by atoms with van der Waals surface area (Å²) in [6, 6.07) is 17.6. The zero-order valence-electron chi connectivity index (χ0n) is 19.5. The largest absolute Gasteiger partial charge is 0.493 e. The molecule has 3 aromatic carbocycles. The quantitative estimate of drug-likeness (QED) is 0.239. The van der Waals surface area contributed by atoms with Crippen LogP contribution < -0.4 is 18.9 Å². The molecule has 0 fully saturated rings. The van der Waals surface area contributed by atoms with Gasteiger partial charge in [0.05, 0.1) is 34.0 Å². The van der Waals surface area contributed by atoms with Crippen LogP contribution in [0.15, 0.2) is 66.7 Å². The van der Waals surface area contributed by atoms with E-state index in [9.17, 15) is 9.59 Å². The first-order valence-electron chi connectivity index (χ1n) is 10.4. The minimum atomic E-state index is -0.375. The number of esters is 1. The van der Waals surface area contributed by atoms with Gasteiger partial charge >= 0.3 is 5.97 Å². The van der Waals surface area contributed by atoms with E-state index in [4.69, 9.17) is 23.7 Å². The molecule has 34 heavy (non-hydrogen) atoms. The van der Waals surface area contributed by atoms with E-state index < -0.39 is 0 Å². The molecule has 0 radical (unpaired) electrons. The molecule has 7 nitrogen and oxygen atoms in total. The summed E-state index contributed by atoms with van der Waals surface area (Å²) >= 11 is 0. The molecule has 0 aromatic heterocycles. The second kappa shape index (κ2) is 11.6. The summed E-state index contributed by atoms with van der Waals surface area (Å²) in [5.41, 5.74) is 2.68. The highest BCUT2D eigenvalue weighted by molar-refractivity contribution is 6.07. The van der Waals surface area contributed by atoms with Crippen molar-refractivity contribution < 1.29 is 33.3 Å². The molecule has 0 saturated heterocycles. The van der Waals surface area contributed by atoms with Gasteiger partial charge in [-0.2, -0.15) is 0 Å². The van der Waals surface area contributed by atoms with Gasteiger partial charge < -0.3 is 23.7 Å². The SMILES string of the molecule is COC(=O)c1ccc(COc2ccc(C=CC(=O)c3cc(OC)c(OC)c(OC)c3)cc2)cc1. The summed E-state index contributed by atoms with van der Waals surface area (Å²) in [4.78, 5) is 24.2. The van der Waals surface area contributed by atoms with Crippen LogP contribution in [0.4, 0.5) is 0 Å². The minimum Gasteiger partial charge on any atom is -0.493 e. The lowest BCUT2D eigenvalue weighted by atomic mass is 10.1. The Balaban J connectivity index is 1.62. The van der Waals surface area contributed by atoms with Gasteiger partial charge in [0, 0.05) is 5.56 Å². The van der Waals surface area contributed by atoms with Crippen molar-refractivity contribution in [3.05, 3.63) is 89.0 Å². The lowest BCUT2D eigenvalue weighted by Gasteiger charge is -2.13. The number of carbonyl (C=O) groups is 2. The number of hydrogen-bond acceptors (Lipinski definition) is 7. The summed E-state index contributed by atoms with van der Waals surface area (Å²) in [6.45, 7) is 0.357. The summed E-state index contributed by atoms with van der Waals surface area (Å²) < 4.78 is 26.4. The summed E-state index contributed by atoms with van der Waals surface area (Å²) in [5.74, 6) is 1.38. The van der Waals surface area contributed by atoms with E-state index in [0.717, 1.165) is 11.1 Å². The molecular formula is C27H26O7. The highest BCUT2D eigenvalue weighted by atomic mass is 16.5. The third kappa shape index (κ3) is 5.95. The van der Waals surface area contributed by atoms with Crippen LogP contribution in [-0.4, -0.2) is 40.2 Å². The lowest BCUT2D eigenvalue weighted by Crippen LogP contribution is -2.02. The van der Waals surface area contributed by atoms with Crippen molar-refractivity contribution in [3.63, 3.8) is 0 Å². The Morgan fingerprint density at radius 2 is 1.38 bits per heavy atom. The Bertz CT molecular complexity index is 1140. The van der Waals surface area contributed by atoms with Gasteiger partial charge in [-0.05, 0) is 53.6 Å². The Morgan fingerprint density at radius 3 is 1.91 bits per heavy atom. The fourth-order valence-corrected chi connectivity index (χ4v) is 3.19. The first-order valence-corrected chi connectivity index (χ1v) is 10.4. The van der Waals surface area contributed by atoms with Crippen molar-refractivity contribution in [2.75, 3.05) is 28.4 Å². The second-order valence-corrected chi connectivity index (χ2v) is 7.16. The number of hydrogen-bond donors (Lipinski definition) is 0. The lowest BCUT2D eigenvalue weighted by molar-refractivity contribution is 0.0600. The van der Waals surface area contributed by atoms with Crippen molar-refractivity contribution >= 4 is 17.8 Å². The Labute approximate surface area is 198 Å². The van der Waals surface area contributed by atoms with Gasteiger partial charge in [-0.25, -0.2) is 4.79 Å². The normalized spacial score (nSPS) is 10.6. The molecule has 3 aromatic rings. The van der Waals surface area contributed by atoms with Crippen LogP contribution in [0, 0.1) is 0 Å². The maximum absolute atomic E-state index is 12.7. The third-order valence-electron chi connectivity index (χ3n) is 5.04. The Morgan fingerprint density at radius 1 is 0.765 bits per heavy atom. The Hall–Kier alpha value is -4.26. The van der Waals surface area contributed by atoms with E-state index in [-0.39, 0.29) is 11.8 Å².